The summed E-state index contributed by atoms with van der Waals surface area (Å²) in [6, 6.07) is 0. The van der Waals surface area contributed by atoms with E-state index in [2.05, 4.69) is 13.8 Å². The van der Waals surface area contributed by atoms with Gasteiger partial charge in [-0.2, -0.15) is 0 Å². The lowest BCUT2D eigenvalue weighted by Gasteiger charge is -2.06. The maximum absolute atomic E-state index is 2.41. The molecule has 0 saturated heterocycles. The van der Waals surface area contributed by atoms with Crippen LogP contribution in [0.5, 0.6) is 0 Å². The van der Waals surface area contributed by atoms with Gasteiger partial charge in [0.25, 0.3) is 0 Å². The fourth-order valence-corrected chi connectivity index (χ4v) is 2.65. The molecule has 4 atom stereocenters. The minimum absolute atomic E-state index is 1.04. The minimum atomic E-state index is 1.04. The second kappa shape index (κ2) is 2.25. The topological polar surface area (TPSA) is 0 Å². The molecule has 0 amide bonds. The number of hydrogen-bond acceptors (Lipinski definition) is 0. The molecule has 0 aliphatic heterocycles. The van der Waals surface area contributed by atoms with E-state index >= 15 is 0 Å². The van der Waals surface area contributed by atoms with Gasteiger partial charge in [0.15, 0.2) is 0 Å². The first-order chi connectivity index (χ1) is 4.77. The molecule has 0 aromatic carbocycles. The monoisotopic (exact) mass is 138 g/mol. The van der Waals surface area contributed by atoms with Crippen molar-refractivity contribution in [2.24, 2.45) is 23.7 Å². The quantitative estimate of drug-likeness (QED) is 0.522. The number of hydrogen-bond donors (Lipinski definition) is 0. The maximum atomic E-state index is 2.41. The Bertz CT molecular complexity index is 128. The normalized spacial score (nSPS) is 53.4. The van der Waals surface area contributed by atoms with Gasteiger partial charge in [-0.15, -0.1) is 0 Å². The van der Waals surface area contributed by atoms with Gasteiger partial charge < -0.3 is 0 Å². The Morgan fingerprint density at radius 3 is 2.10 bits per heavy atom. The predicted octanol–water partition coefficient (Wildman–Crippen LogP) is 3.08. The van der Waals surface area contributed by atoms with E-state index in [0.717, 1.165) is 23.7 Å². The molecule has 0 bridgehead atoms. The summed E-state index contributed by atoms with van der Waals surface area (Å²) in [5, 5.41) is 0. The standard InChI is InChI=1S/C10H18/c1-7-3-4-9(5-7)10-6-8(10)2/h7-10H,3-6H2,1-2H3. The Kier molecular flexibility index (Phi) is 1.51. The second-order valence-electron chi connectivity index (χ2n) is 4.56. The van der Waals surface area contributed by atoms with Gasteiger partial charge >= 0.3 is 0 Å². The Balaban J connectivity index is 1.85. The highest BCUT2D eigenvalue weighted by molar-refractivity contribution is 4.91. The van der Waals surface area contributed by atoms with Gasteiger partial charge in [0.05, 0.1) is 0 Å². The van der Waals surface area contributed by atoms with Crippen molar-refractivity contribution >= 4 is 0 Å². The highest BCUT2D eigenvalue weighted by atomic mass is 14.5. The SMILES string of the molecule is CC1CCC(C2CC2C)C1. The van der Waals surface area contributed by atoms with Crippen LogP contribution in [0.3, 0.4) is 0 Å². The summed E-state index contributed by atoms with van der Waals surface area (Å²) in [6.45, 7) is 4.82. The summed E-state index contributed by atoms with van der Waals surface area (Å²) in [5.41, 5.74) is 0. The molecule has 0 radical (unpaired) electrons. The van der Waals surface area contributed by atoms with Crippen LogP contribution >= 0.6 is 0 Å². The van der Waals surface area contributed by atoms with Crippen LogP contribution in [0.15, 0.2) is 0 Å². The molecule has 0 N–H and O–H groups in total. The van der Waals surface area contributed by atoms with Crippen LogP contribution in [-0.2, 0) is 0 Å². The van der Waals surface area contributed by atoms with Crippen molar-refractivity contribution in [3.05, 3.63) is 0 Å². The van der Waals surface area contributed by atoms with Crippen LogP contribution in [0.2, 0.25) is 0 Å². The fraction of sp³-hybridized carbons (Fsp3) is 1.00. The smallest absolute Gasteiger partial charge is 0.0357 e. The molecule has 0 aromatic rings. The lowest BCUT2D eigenvalue weighted by Crippen LogP contribution is -1.97. The van der Waals surface area contributed by atoms with Crippen LogP contribution in [0.1, 0.15) is 39.5 Å². The van der Waals surface area contributed by atoms with Crippen molar-refractivity contribution in [3.8, 4) is 0 Å². The zero-order valence-electron chi connectivity index (χ0n) is 7.14. The first-order valence-corrected chi connectivity index (χ1v) is 4.77. The zero-order valence-corrected chi connectivity index (χ0v) is 7.14. The summed E-state index contributed by atoms with van der Waals surface area (Å²) < 4.78 is 0. The van der Waals surface area contributed by atoms with Crippen LogP contribution in [-0.4, -0.2) is 0 Å². The summed E-state index contributed by atoms with van der Waals surface area (Å²) in [7, 11) is 0. The van der Waals surface area contributed by atoms with Gasteiger partial charge in [-0.25, -0.2) is 0 Å². The van der Waals surface area contributed by atoms with Gasteiger partial charge in [0, 0.05) is 0 Å². The first kappa shape index (κ1) is 6.69. The van der Waals surface area contributed by atoms with E-state index in [1.54, 1.807) is 0 Å². The van der Waals surface area contributed by atoms with Gasteiger partial charge in [-0.3, -0.25) is 0 Å². The number of rotatable bonds is 1. The third-order valence-electron chi connectivity index (χ3n) is 3.51. The van der Waals surface area contributed by atoms with Crippen LogP contribution in [0.4, 0.5) is 0 Å². The van der Waals surface area contributed by atoms with Crippen LogP contribution in [0, 0.1) is 23.7 Å². The van der Waals surface area contributed by atoms with Crippen molar-refractivity contribution in [2.45, 2.75) is 39.5 Å². The van der Waals surface area contributed by atoms with E-state index in [1.165, 1.54) is 25.7 Å². The predicted molar refractivity (Wildman–Crippen MR) is 43.8 cm³/mol. The van der Waals surface area contributed by atoms with E-state index in [1.807, 2.05) is 0 Å². The molecule has 10 heavy (non-hydrogen) atoms. The molecular weight excluding hydrogens is 120 g/mol. The molecule has 2 aliphatic carbocycles. The molecule has 0 heterocycles. The van der Waals surface area contributed by atoms with Crippen molar-refractivity contribution in [2.75, 3.05) is 0 Å². The fourth-order valence-electron chi connectivity index (χ4n) is 2.65. The van der Waals surface area contributed by atoms with Crippen LogP contribution < -0.4 is 0 Å². The molecule has 2 aliphatic rings. The van der Waals surface area contributed by atoms with Crippen molar-refractivity contribution < 1.29 is 0 Å². The molecule has 0 heteroatoms. The lowest BCUT2D eigenvalue weighted by atomic mass is 10.00. The molecule has 2 fully saturated rings. The zero-order chi connectivity index (χ0) is 7.14. The van der Waals surface area contributed by atoms with E-state index in [0.29, 0.717) is 0 Å². The minimum Gasteiger partial charge on any atom is -0.0625 e. The second-order valence-corrected chi connectivity index (χ2v) is 4.56. The highest BCUT2D eigenvalue weighted by Gasteiger charge is 2.41. The van der Waals surface area contributed by atoms with Gasteiger partial charge in [0.2, 0.25) is 0 Å². The van der Waals surface area contributed by atoms with Gasteiger partial charge in [-0.1, -0.05) is 20.3 Å². The van der Waals surface area contributed by atoms with Gasteiger partial charge in [-0.05, 0) is 42.9 Å². The molecular formula is C10H18. The lowest BCUT2D eigenvalue weighted by molar-refractivity contribution is 0.439. The largest absolute Gasteiger partial charge is 0.0625 e. The summed E-state index contributed by atoms with van der Waals surface area (Å²) >= 11 is 0. The van der Waals surface area contributed by atoms with E-state index in [-0.39, 0.29) is 0 Å². The van der Waals surface area contributed by atoms with Crippen molar-refractivity contribution in [1.29, 1.82) is 0 Å². The first-order valence-electron chi connectivity index (χ1n) is 4.77. The van der Waals surface area contributed by atoms with E-state index in [4.69, 9.17) is 0 Å². The van der Waals surface area contributed by atoms with Crippen molar-refractivity contribution in [3.63, 3.8) is 0 Å². The van der Waals surface area contributed by atoms with Crippen LogP contribution in [0.25, 0.3) is 0 Å². The Morgan fingerprint density at radius 1 is 1.00 bits per heavy atom. The highest BCUT2D eigenvalue weighted by Crippen LogP contribution is 2.50. The summed E-state index contributed by atoms with van der Waals surface area (Å²) in [6.07, 6.45) is 6.12. The Hall–Kier alpha value is 0. The molecule has 2 rings (SSSR count). The molecule has 58 valence electrons. The summed E-state index contributed by atoms with van der Waals surface area (Å²) in [5.74, 6) is 4.39. The van der Waals surface area contributed by atoms with E-state index in [9.17, 15) is 0 Å². The molecule has 4 unspecified atom stereocenters. The van der Waals surface area contributed by atoms with Gasteiger partial charge in [0.1, 0.15) is 0 Å². The average molecular weight is 138 g/mol. The Labute approximate surface area is 64.0 Å². The molecule has 0 nitrogen and oxygen atoms in total. The van der Waals surface area contributed by atoms with Crippen molar-refractivity contribution in [1.82, 2.24) is 0 Å². The molecule has 2 saturated carbocycles. The third kappa shape index (κ3) is 1.09. The maximum Gasteiger partial charge on any atom is -0.0357 e. The molecule has 0 aromatic heterocycles. The average Bonchev–Trinajstić information content (AvgIpc) is 2.42. The molecule has 0 spiro atoms. The summed E-state index contributed by atoms with van der Waals surface area (Å²) in [4.78, 5) is 0. The van der Waals surface area contributed by atoms with E-state index < -0.39 is 0 Å². The Morgan fingerprint density at radius 2 is 1.70 bits per heavy atom. The third-order valence-corrected chi connectivity index (χ3v) is 3.51.